The summed E-state index contributed by atoms with van der Waals surface area (Å²) < 4.78 is 5.30. The standard InChI is InChI=1S/C10H17NO2/c1-10(4-5-10)9(12)11-8-3-2-6-13-7-8/h8H,2-7H2,1H3,(H,11,12). The number of rotatable bonds is 2. The van der Waals surface area contributed by atoms with Crippen LogP contribution >= 0.6 is 0 Å². The average Bonchev–Trinajstić information content (AvgIpc) is 2.87. The first kappa shape index (κ1) is 9.00. The predicted octanol–water partition coefficient (Wildman–Crippen LogP) is 1.08. The third-order valence-corrected chi connectivity index (χ3v) is 3.04. The van der Waals surface area contributed by atoms with Gasteiger partial charge in [-0.25, -0.2) is 0 Å². The molecule has 3 heteroatoms. The molecule has 1 saturated carbocycles. The fourth-order valence-electron chi connectivity index (χ4n) is 1.63. The van der Waals surface area contributed by atoms with Crippen LogP contribution < -0.4 is 5.32 Å². The summed E-state index contributed by atoms with van der Waals surface area (Å²) in [5.74, 6) is 0.225. The van der Waals surface area contributed by atoms with Gasteiger partial charge >= 0.3 is 0 Å². The van der Waals surface area contributed by atoms with Crippen LogP contribution in [0.1, 0.15) is 32.6 Å². The summed E-state index contributed by atoms with van der Waals surface area (Å²) in [7, 11) is 0. The van der Waals surface area contributed by atoms with Crippen LogP contribution in [0.25, 0.3) is 0 Å². The molecule has 0 bridgehead atoms. The highest BCUT2D eigenvalue weighted by atomic mass is 16.5. The monoisotopic (exact) mass is 183 g/mol. The third kappa shape index (κ3) is 2.02. The van der Waals surface area contributed by atoms with Crippen molar-refractivity contribution in [3.63, 3.8) is 0 Å². The fourth-order valence-corrected chi connectivity index (χ4v) is 1.63. The van der Waals surface area contributed by atoms with Crippen LogP contribution in [0, 0.1) is 5.41 Å². The third-order valence-electron chi connectivity index (χ3n) is 3.04. The maximum Gasteiger partial charge on any atom is 0.226 e. The van der Waals surface area contributed by atoms with E-state index in [1.54, 1.807) is 0 Å². The first-order valence-corrected chi connectivity index (χ1v) is 5.09. The summed E-state index contributed by atoms with van der Waals surface area (Å²) in [5, 5.41) is 3.06. The normalized spacial score (nSPS) is 31.0. The molecule has 1 unspecified atom stereocenters. The number of nitrogens with one attached hydrogen (secondary N) is 1. The van der Waals surface area contributed by atoms with Crippen LogP contribution in [-0.4, -0.2) is 25.2 Å². The molecule has 74 valence electrons. The molecule has 1 amide bonds. The molecule has 2 aliphatic rings. The molecule has 13 heavy (non-hydrogen) atoms. The number of carbonyl (C=O) groups excluding carboxylic acids is 1. The molecule has 1 atom stereocenters. The summed E-state index contributed by atoms with van der Waals surface area (Å²) in [6, 6.07) is 0.263. The highest BCUT2D eigenvalue weighted by Crippen LogP contribution is 2.45. The highest BCUT2D eigenvalue weighted by Gasteiger charge is 2.45. The van der Waals surface area contributed by atoms with E-state index in [0.717, 1.165) is 32.3 Å². The van der Waals surface area contributed by atoms with Crippen LogP contribution in [0.4, 0.5) is 0 Å². The minimum Gasteiger partial charge on any atom is -0.379 e. The zero-order valence-electron chi connectivity index (χ0n) is 8.14. The van der Waals surface area contributed by atoms with Gasteiger partial charge in [0.05, 0.1) is 12.6 Å². The lowest BCUT2D eigenvalue weighted by atomic mass is 10.1. The van der Waals surface area contributed by atoms with Gasteiger partial charge in [0, 0.05) is 12.0 Å². The summed E-state index contributed by atoms with van der Waals surface area (Å²) in [4.78, 5) is 11.6. The lowest BCUT2D eigenvalue weighted by molar-refractivity contribution is -0.127. The van der Waals surface area contributed by atoms with E-state index in [1.807, 2.05) is 6.92 Å². The number of amides is 1. The molecule has 0 spiro atoms. The molecule has 0 radical (unpaired) electrons. The van der Waals surface area contributed by atoms with Gasteiger partial charge in [0.25, 0.3) is 0 Å². The summed E-state index contributed by atoms with van der Waals surface area (Å²) in [6.45, 7) is 3.58. The Kier molecular flexibility index (Phi) is 2.28. The Morgan fingerprint density at radius 2 is 2.31 bits per heavy atom. The maximum atomic E-state index is 11.6. The minimum absolute atomic E-state index is 0.0442. The van der Waals surface area contributed by atoms with Gasteiger partial charge in [-0.15, -0.1) is 0 Å². The van der Waals surface area contributed by atoms with E-state index >= 15 is 0 Å². The minimum atomic E-state index is -0.0442. The molecule has 3 nitrogen and oxygen atoms in total. The quantitative estimate of drug-likeness (QED) is 0.695. The van der Waals surface area contributed by atoms with Crippen molar-refractivity contribution < 1.29 is 9.53 Å². The molecule has 1 saturated heterocycles. The smallest absolute Gasteiger partial charge is 0.226 e. The number of hydrogen-bond donors (Lipinski definition) is 1. The van der Waals surface area contributed by atoms with Crippen molar-refractivity contribution in [3.05, 3.63) is 0 Å². The molecule has 1 aliphatic heterocycles. The number of ether oxygens (including phenoxy) is 1. The van der Waals surface area contributed by atoms with Crippen molar-refractivity contribution in [1.29, 1.82) is 0 Å². The SMILES string of the molecule is CC1(C(=O)NC2CCCOC2)CC1. The first-order chi connectivity index (χ1) is 6.21. The Hall–Kier alpha value is -0.570. The van der Waals surface area contributed by atoms with Gasteiger partial charge in [-0.3, -0.25) is 4.79 Å². The summed E-state index contributed by atoms with van der Waals surface area (Å²) in [5.41, 5.74) is -0.0442. The van der Waals surface area contributed by atoms with E-state index in [4.69, 9.17) is 4.74 Å². The molecule has 2 fully saturated rings. The molecule has 1 heterocycles. The van der Waals surface area contributed by atoms with Crippen molar-refractivity contribution in [1.82, 2.24) is 5.32 Å². The van der Waals surface area contributed by atoms with Crippen molar-refractivity contribution in [3.8, 4) is 0 Å². The van der Waals surface area contributed by atoms with Crippen molar-refractivity contribution in [2.45, 2.75) is 38.6 Å². The van der Waals surface area contributed by atoms with Crippen LogP contribution in [0.15, 0.2) is 0 Å². The van der Waals surface area contributed by atoms with E-state index in [9.17, 15) is 4.79 Å². The Labute approximate surface area is 78.8 Å². The topological polar surface area (TPSA) is 38.3 Å². The number of carbonyl (C=O) groups is 1. The Morgan fingerprint density at radius 1 is 1.54 bits per heavy atom. The molecular weight excluding hydrogens is 166 g/mol. The lowest BCUT2D eigenvalue weighted by Crippen LogP contribution is -2.43. The maximum absolute atomic E-state index is 11.6. The van der Waals surface area contributed by atoms with Crippen LogP contribution in [-0.2, 0) is 9.53 Å². The lowest BCUT2D eigenvalue weighted by Gasteiger charge is -2.24. The van der Waals surface area contributed by atoms with Gasteiger partial charge in [0.2, 0.25) is 5.91 Å². The molecule has 1 N–H and O–H groups in total. The van der Waals surface area contributed by atoms with Gasteiger partial charge in [-0.2, -0.15) is 0 Å². The second-order valence-corrected chi connectivity index (χ2v) is 4.45. The van der Waals surface area contributed by atoms with E-state index in [0.29, 0.717) is 6.61 Å². The molecule has 0 aromatic carbocycles. The zero-order valence-corrected chi connectivity index (χ0v) is 8.14. The molecule has 0 aromatic heterocycles. The fraction of sp³-hybridized carbons (Fsp3) is 0.900. The molecule has 0 aromatic rings. The van der Waals surface area contributed by atoms with Gasteiger partial charge in [0.15, 0.2) is 0 Å². The largest absolute Gasteiger partial charge is 0.379 e. The Balaban J connectivity index is 1.79. The van der Waals surface area contributed by atoms with E-state index in [2.05, 4.69) is 5.32 Å². The molecule has 1 aliphatic carbocycles. The van der Waals surface area contributed by atoms with E-state index in [1.165, 1.54) is 0 Å². The Bertz CT molecular complexity index is 205. The van der Waals surface area contributed by atoms with E-state index in [-0.39, 0.29) is 17.4 Å². The van der Waals surface area contributed by atoms with Crippen molar-refractivity contribution in [2.75, 3.05) is 13.2 Å². The molecule has 2 rings (SSSR count). The van der Waals surface area contributed by atoms with Gasteiger partial charge in [-0.05, 0) is 25.7 Å². The van der Waals surface area contributed by atoms with E-state index < -0.39 is 0 Å². The highest BCUT2D eigenvalue weighted by molar-refractivity contribution is 5.85. The second-order valence-electron chi connectivity index (χ2n) is 4.45. The molecular formula is C10H17NO2. The zero-order chi connectivity index (χ0) is 9.31. The van der Waals surface area contributed by atoms with Crippen LogP contribution in [0.5, 0.6) is 0 Å². The first-order valence-electron chi connectivity index (χ1n) is 5.09. The number of hydrogen-bond acceptors (Lipinski definition) is 2. The van der Waals surface area contributed by atoms with Crippen LogP contribution in [0.2, 0.25) is 0 Å². The van der Waals surface area contributed by atoms with Crippen LogP contribution in [0.3, 0.4) is 0 Å². The summed E-state index contributed by atoms with van der Waals surface area (Å²) in [6.07, 6.45) is 4.24. The summed E-state index contributed by atoms with van der Waals surface area (Å²) >= 11 is 0. The van der Waals surface area contributed by atoms with Crippen molar-refractivity contribution >= 4 is 5.91 Å². The van der Waals surface area contributed by atoms with Crippen molar-refractivity contribution in [2.24, 2.45) is 5.41 Å². The van der Waals surface area contributed by atoms with Gasteiger partial charge < -0.3 is 10.1 Å². The second kappa shape index (κ2) is 3.29. The van der Waals surface area contributed by atoms with Gasteiger partial charge in [-0.1, -0.05) is 6.92 Å². The predicted molar refractivity (Wildman–Crippen MR) is 49.3 cm³/mol. The van der Waals surface area contributed by atoms with Gasteiger partial charge in [0.1, 0.15) is 0 Å². The average molecular weight is 183 g/mol. The Morgan fingerprint density at radius 3 is 2.85 bits per heavy atom.